The van der Waals surface area contributed by atoms with Crippen LogP contribution < -0.4 is 10.8 Å². The van der Waals surface area contributed by atoms with Crippen LogP contribution in [0.2, 0.25) is 0 Å². The van der Waals surface area contributed by atoms with Crippen LogP contribution in [0.15, 0.2) is 36.8 Å². The molecule has 0 saturated heterocycles. The second-order valence-electron chi connectivity index (χ2n) is 6.50. The summed E-state index contributed by atoms with van der Waals surface area (Å²) in [6.07, 6.45) is 3.29. The van der Waals surface area contributed by atoms with Crippen molar-refractivity contribution in [3.63, 3.8) is 0 Å². The summed E-state index contributed by atoms with van der Waals surface area (Å²) in [7, 11) is 1.83. The third kappa shape index (κ3) is 5.45. The largest absolute Gasteiger partial charge is 0.388 e. The molecule has 1 aromatic heterocycles. The highest BCUT2D eigenvalue weighted by Crippen LogP contribution is 2.11. The number of hydrogen-bond acceptors (Lipinski definition) is 5. The first-order valence-corrected chi connectivity index (χ1v) is 8.28. The fourth-order valence-corrected chi connectivity index (χ4v) is 2.22. The number of benzene rings is 1. The Morgan fingerprint density at radius 1 is 1.18 bits per heavy atom. The number of nitrogens with zero attached hydrogens (tertiary/aromatic N) is 2. The van der Waals surface area contributed by atoms with E-state index in [0.717, 1.165) is 5.69 Å². The molecule has 2 aromatic rings. The quantitative estimate of drug-likeness (QED) is 0.343. The Kier molecular flexibility index (Phi) is 6.56. The highest BCUT2D eigenvalue weighted by Gasteiger charge is 2.34. The first-order valence-electron chi connectivity index (χ1n) is 8.28. The van der Waals surface area contributed by atoms with Gasteiger partial charge in [0.2, 0.25) is 0 Å². The van der Waals surface area contributed by atoms with E-state index in [0.29, 0.717) is 5.56 Å². The van der Waals surface area contributed by atoms with Gasteiger partial charge in [0.15, 0.2) is 0 Å². The minimum absolute atomic E-state index is 0.270. The third-order valence-corrected chi connectivity index (χ3v) is 3.78. The van der Waals surface area contributed by atoms with Crippen molar-refractivity contribution in [3.05, 3.63) is 53.6 Å². The van der Waals surface area contributed by atoms with Crippen molar-refractivity contribution in [1.29, 1.82) is 0 Å². The molecule has 2 rings (SSSR count). The van der Waals surface area contributed by atoms with Gasteiger partial charge in [-0.3, -0.25) is 14.8 Å². The molecule has 0 aliphatic heterocycles. The summed E-state index contributed by atoms with van der Waals surface area (Å²) in [5, 5.41) is 21.2. The summed E-state index contributed by atoms with van der Waals surface area (Å²) in [5.74, 6) is 9.69. The van der Waals surface area contributed by atoms with Crippen LogP contribution in [-0.4, -0.2) is 43.3 Å². The first kappa shape index (κ1) is 20.7. The summed E-state index contributed by atoms with van der Waals surface area (Å²) in [6.45, 7) is 2.69. The molecule has 144 valence electrons. The number of aromatic nitrogens is 2. The zero-order valence-electron chi connectivity index (χ0n) is 15.6. The fourth-order valence-electron chi connectivity index (χ4n) is 2.22. The van der Waals surface area contributed by atoms with Gasteiger partial charge in [0.1, 0.15) is 11.7 Å². The minimum atomic E-state index is -1.57. The Morgan fingerprint density at radius 3 is 2.36 bits per heavy atom. The minimum Gasteiger partial charge on any atom is -0.388 e. The lowest BCUT2D eigenvalue weighted by Crippen LogP contribution is -2.57. The van der Waals surface area contributed by atoms with Crippen molar-refractivity contribution in [1.82, 2.24) is 20.3 Å². The molecule has 0 radical (unpaired) electrons. The van der Waals surface area contributed by atoms with Crippen LogP contribution in [0.4, 0.5) is 0 Å². The van der Waals surface area contributed by atoms with Gasteiger partial charge >= 0.3 is 0 Å². The average Bonchev–Trinajstić information content (AvgIpc) is 3.07. The van der Waals surface area contributed by atoms with Crippen LogP contribution in [0, 0.1) is 23.7 Å². The van der Waals surface area contributed by atoms with E-state index < -0.39 is 23.5 Å². The Morgan fingerprint density at radius 2 is 1.82 bits per heavy atom. The summed E-state index contributed by atoms with van der Waals surface area (Å²) >= 11 is 0. The normalized spacial score (nSPS) is 11.3. The number of aryl methyl sites for hydroxylation is 1. The number of hydrogen-bond donors (Lipinski definition) is 4. The van der Waals surface area contributed by atoms with Gasteiger partial charge in [0.05, 0.1) is 18.1 Å². The third-order valence-electron chi connectivity index (χ3n) is 3.78. The molecule has 1 atom stereocenters. The molecule has 0 aliphatic carbocycles. The Hall–Kier alpha value is -3.59. The van der Waals surface area contributed by atoms with E-state index in [4.69, 9.17) is 5.21 Å². The smallest absolute Gasteiger partial charge is 0.268 e. The monoisotopic (exact) mass is 380 g/mol. The van der Waals surface area contributed by atoms with Gasteiger partial charge in [-0.2, -0.15) is 0 Å². The molecular weight excluding hydrogens is 360 g/mol. The maximum atomic E-state index is 12.3. The van der Waals surface area contributed by atoms with Gasteiger partial charge in [-0.25, -0.2) is 10.5 Å². The van der Waals surface area contributed by atoms with Gasteiger partial charge in [-0.1, -0.05) is 5.92 Å². The highest BCUT2D eigenvalue weighted by molar-refractivity contribution is 5.97. The van der Waals surface area contributed by atoms with Crippen LogP contribution in [0.5, 0.6) is 0 Å². The van der Waals surface area contributed by atoms with E-state index in [-0.39, 0.29) is 5.56 Å². The molecule has 4 N–H and O–H groups in total. The van der Waals surface area contributed by atoms with E-state index in [1.807, 2.05) is 7.05 Å². The molecule has 2 amide bonds. The summed E-state index contributed by atoms with van der Waals surface area (Å²) in [5.41, 5.74) is 1.53. The van der Waals surface area contributed by atoms with Crippen molar-refractivity contribution in [3.8, 4) is 23.7 Å². The van der Waals surface area contributed by atoms with Crippen molar-refractivity contribution in [2.75, 3.05) is 0 Å². The zero-order valence-corrected chi connectivity index (χ0v) is 15.6. The lowest BCUT2D eigenvalue weighted by Gasteiger charge is -2.28. The number of carbonyl (C=O) groups excluding carboxylic acids is 2. The topological polar surface area (TPSA) is 116 Å². The highest BCUT2D eigenvalue weighted by atomic mass is 16.5. The van der Waals surface area contributed by atoms with Gasteiger partial charge in [-0.15, -0.1) is 0 Å². The molecule has 0 bridgehead atoms. The first-order chi connectivity index (χ1) is 13.2. The number of carbonyl (C=O) groups is 2. The van der Waals surface area contributed by atoms with E-state index in [1.165, 1.54) is 31.5 Å². The Bertz CT molecular complexity index is 979. The fraction of sp³-hybridized carbons (Fsp3) is 0.250. The van der Waals surface area contributed by atoms with Crippen molar-refractivity contribution >= 4 is 11.8 Å². The molecule has 1 heterocycles. The molecule has 28 heavy (non-hydrogen) atoms. The van der Waals surface area contributed by atoms with E-state index in [9.17, 15) is 14.7 Å². The van der Waals surface area contributed by atoms with Gasteiger partial charge < -0.3 is 15.0 Å². The van der Waals surface area contributed by atoms with Crippen LogP contribution in [-0.2, 0) is 11.8 Å². The van der Waals surface area contributed by atoms with Gasteiger partial charge in [0.25, 0.3) is 11.8 Å². The zero-order chi connectivity index (χ0) is 20.7. The second kappa shape index (κ2) is 8.87. The lowest BCUT2D eigenvalue weighted by atomic mass is 9.97. The molecule has 1 aromatic carbocycles. The van der Waals surface area contributed by atoms with Crippen molar-refractivity contribution < 1.29 is 19.9 Å². The predicted molar refractivity (Wildman–Crippen MR) is 101 cm³/mol. The van der Waals surface area contributed by atoms with Crippen LogP contribution >= 0.6 is 0 Å². The number of aliphatic hydroxyl groups is 1. The number of amides is 2. The molecule has 8 heteroatoms. The van der Waals surface area contributed by atoms with Gasteiger partial charge in [-0.05, 0) is 55.9 Å². The molecule has 0 fully saturated rings. The predicted octanol–water partition coefficient (Wildman–Crippen LogP) is 0.198. The van der Waals surface area contributed by atoms with Crippen LogP contribution in [0.25, 0.3) is 0 Å². The Balaban J connectivity index is 2.07. The standard InChI is InChI=1S/C20H20N4O4/c1-20(2,27)17(19(26)23-28)22-18(25)15-10-8-14(9-11-15)6-4-5-7-16-12-21-13-24(16)3/h8-13,17,27-28H,1-3H3,(H,22,25)(H,23,26)/t17-/m1/s1. The molecule has 0 saturated carbocycles. The molecule has 0 aliphatic rings. The number of nitrogens with one attached hydrogen (secondary N) is 2. The van der Waals surface area contributed by atoms with Crippen LogP contribution in [0.3, 0.4) is 0 Å². The molecule has 0 spiro atoms. The van der Waals surface area contributed by atoms with Crippen molar-refractivity contribution in [2.45, 2.75) is 25.5 Å². The molecule has 8 nitrogen and oxygen atoms in total. The maximum Gasteiger partial charge on any atom is 0.268 e. The lowest BCUT2D eigenvalue weighted by molar-refractivity contribution is -0.136. The van der Waals surface area contributed by atoms with Gasteiger partial charge in [0, 0.05) is 18.2 Å². The summed E-state index contributed by atoms with van der Waals surface area (Å²) in [6, 6.07) is 5.02. The Labute approximate surface area is 162 Å². The maximum absolute atomic E-state index is 12.3. The summed E-state index contributed by atoms with van der Waals surface area (Å²) in [4.78, 5) is 27.9. The number of hydroxylamine groups is 1. The van der Waals surface area contributed by atoms with Crippen LogP contribution in [0.1, 0.15) is 35.5 Å². The second-order valence-corrected chi connectivity index (χ2v) is 6.50. The van der Waals surface area contributed by atoms with E-state index >= 15 is 0 Å². The van der Waals surface area contributed by atoms with E-state index in [1.54, 1.807) is 29.2 Å². The summed E-state index contributed by atoms with van der Waals surface area (Å²) < 4.78 is 1.78. The number of imidazole rings is 1. The van der Waals surface area contributed by atoms with Crippen molar-refractivity contribution in [2.24, 2.45) is 7.05 Å². The SMILES string of the molecule is Cn1cncc1C#CC#Cc1ccc(C(=O)N[C@H](C(=O)NO)C(C)(C)O)cc1. The molecule has 0 unspecified atom stereocenters. The van der Waals surface area contributed by atoms with E-state index in [2.05, 4.69) is 34.0 Å². The molecular formula is C20H20N4O4. The number of rotatable bonds is 4. The average molecular weight is 380 g/mol.